The predicted octanol–water partition coefficient (Wildman–Crippen LogP) is 4.09. The topological polar surface area (TPSA) is 57.6 Å². The molecule has 1 aromatic heterocycles. The Hall–Kier alpha value is -3.28. The smallest absolute Gasteiger partial charge is 0.257 e. The van der Waals surface area contributed by atoms with E-state index in [1.54, 1.807) is 0 Å². The Morgan fingerprint density at radius 3 is 2.72 bits per heavy atom. The molecule has 2 amide bonds. The Labute approximate surface area is 188 Å². The Balaban J connectivity index is 1.58. The molecule has 3 heterocycles. The van der Waals surface area contributed by atoms with Crippen LogP contribution in [0, 0.1) is 0 Å². The highest BCUT2D eigenvalue weighted by atomic mass is 16.2. The molecular formula is C26H30N4O2. The maximum Gasteiger partial charge on any atom is 0.257 e. The van der Waals surface area contributed by atoms with Gasteiger partial charge in [0.05, 0.1) is 16.9 Å². The van der Waals surface area contributed by atoms with Crippen LogP contribution in [0.1, 0.15) is 54.0 Å². The second kappa shape index (κ2) is 8.34. The number of nitrogens with zero attached hydrogens (tertiary/aromatic N) is 3. The molecule has 0 fully saturated rings. The molecule has 6 nitrogen and oxygen atoms in total. The summed E-state index contributed by atoms with van der Waals surface area (Å²) in [6, 6.07) is 16.1. The fourth-order valence-electron chi connectivity index (χ4n) is 5.28. The molecule has 2 aliphatic rings. The lowest BCUT2D eigenvalue weighted by atomic mass is 9.96. The quantitative estimate of drug-likeness (QED) is 0.599. The molecule has 0 spiro atoms. The van der Waals surface area contributed by atoms with Gasteiger partial charge in [-0.05, 0) is 36.6 Å². The number of amides is 2. The lowest BCUT2D eigenvalue weighted by Gasteiger charge is -2.46. The minimum Gasteiger partial charge on any atom is -0.355 e. The third-order valence-electron chi connectivity index (χ3n) is 6.81. The van der Waals surface area contributed by atoms with Gasteiger partial charge in [0, 0.05) is 31.0 Å². The maximum absolute atomic E-state index is 13.4. The van der Waals surface area contributed by atoms with Gasteiger partial charge in [0.1, 0.15) is 12.7 Å². The first-order valence-electron chi connectivity index (χ1n) is 11.6. The predicted molar refractivity (Wildman–Crippen MR) is 127 cm³/mol. The van der Waals surface area contributed by atoms with Crippen LogP contribution < -0.4 is 10.2 Å². The van der Waals surface area contributed by atoms with Crippen molar-refractivity contribution >= 4 is 28.4 Å². The van der Waals surface area contributed by atoms with Gasteiger partial charge in [0.2, 0.25) is 5.91 Å². The molecule has 0 bridgehead atoms. The summed E-state index contributed by atoms with van der Waals surface area (Å²) in [5, 5.41) is 4.26. The van der Waals surface area contributed by atoms with E-state index in [2.05, 4.69) is 39.9 Å². The molecule has 1 N–H and O–H groups in total. The zero-order valence-electron chi connectivity index (χ0n) is 18.8. The van der Waals surface area contributed by atoms with Crippen LogP contribution in [0.2, 0.25) is 0 Å². The molecule has 0 radical (unpaired) electrons. The third-order valence-corrected chi connectivity index (χ3v) is 6.81. The van der Waals surface area contributed by atoms with Crippen molar-refractivity contribution in [1.82, 2.24) is 14.8 Å². The van der Waals surface area contributed by atoms with E-state index in [1.165, 1.54) is 10.9 Å². The number of anilines is 1. The summed E-state index contributed by atoms with van der Waals surface area (Å²) in [7, 11) is 2.05. The summed E-state index contributed by atoms with van der Waals surface area (Å²) in [5.41, 5.74) is 5.05. The average Bonchev–Trinajstić information content (AvgIpc) is 3.13. The van der Waals surface area contributed by atoms with Crippen molar-refractivity contribution in [2.75, 3.05) is 25.0 Å². The summed E-state index contributed by atoms with van der Waals surface area (Å²) in [4.78, 5) is 30.4. The summed E-state index contributed by atoms with van der Waals surface area (Å²) in [5.74, 6) is 0.0853. The number of rotatable bonds is 6. The monoisotopic (exact) mass is 430 g/mol. The number of hydrogen-bond donors (Lipinski definition) is 1. The molecule has 5 rings (SSSR count). The first kappa shape index (κ1) is 20.6. The number of fused-ring (bicyclic) bond motifs is 6. The highest BCUT2D eigenvalue weighted by molar-refractivity contribution is 6.02. The second-order valence-corrected chi connectivity index (χ2v) is 8.77. The Kier molecular flexibility index (Phi) is 5.37. The minimum atomic E-state index is -0.221. The van der Waals surface area contributed by atoms with E-state index in [4.69, 9.17) is 0 Å². The molecule has 32 heavy (non-hydrogen) atoms. The van der Waals surface area contributed by atoms with Gasteiger partial charge in [-0.15, -0.1) is 0 Å². The highest BCUT2D eigenvalue weighted by Gasteiger charge is 2.42. The molecule has 6 heteroatoms. The summed E-state index contributed by atoms with van der Waals surface area (Å²) in [6.07, 6.45) is 3.81. The van der Waals surface area contributed by atoms with Crippen molar-refractivity contribution < 1.29 is 9.59 Å². The zero-order valence-corrected chi connectivity index (χ0v) is 18.8. The van der Waals surface area contributed by atoms with Gasteiger partial charge in [0.15, 0.2) is 0 Å². The van der Waals surface area contributed by atoms with E-state index in [0.717, 1.165) is 48.1 Å². The molecular weight excluding hydrogens is 400 g/mol. The van der Waals surface area contributed by atoms with Gasteiger partial charge in [-0.1, -0.05) is 50.1 Å². The van der Waals surface area contributed by atoms with E-state index >= 15 is 0 Å². The Bertz CT molecular complexity index is 1180. The number of nitrogens with one attached hydrogen (secondary N) is 1. The lowest BCUT2D eigenvalue weighted by Crippen LogP contribution is -2.51. The Morgan fingerprint density at radius 1 is 1.09 bits per heavy atom. The van der Waals surface area contributed by atoms with Crippen molar-refractivity contribution in [3.05, 3.63) is 65.4 Å². The maximum atomic E-state index is 13.4. The largest absolute Gasteiger partial charge is 0.355 e. The van der Waals surface area contributed by atoms with Gasteiger partial charge < -0.3 is 19.7 Å². The molecule has 0 unspecified atom stereocenters. The van der Waals surface area contributed by atoms with E-state index in [-0.39, 0.29) is 24.5 Å². The van der Waals surface area contributed by atoms with Crippen LogP contribution in [0.3, 0.4) is 0 Å². The standard InChI is InChI=1S/C26H30N4O2/c1-3-4-9-15-27-23(31)17-30-22-13-8-5-10-18(22)19-14-16-29-25(24(19)30)28(2)21-12-7-6-11-20(21)26(29)32/h5-8,10-13,25H,3-4,9,14-17H2,1-2H3,(H,27,31)/t25-/m1/s1. The number of benzene rings is 2. The van der Waals surface area contributed by atoms with Gasteiger partial charge >= 0.3 is 0 Å². The van der Waals surface area contributed by atoms with Gasteiger partial charge in [-0.3, -0.25) is 9.59 Å². The molecule has 3 aromatic rings. The van der Waals surface area contributed by atoms with Gasteiger partial charge in [-0.25, -0.2) is 0 Å². The lowest BCUT2D eigenvalue weighted by molar-refractivity contribution is -0.121. The number of carbonyl (C=O) groups is 2. The van der Waals surface area contributed by atoms with Crippen LogP contribution in [0.25, 0.3) is 10.9 Å². The number of carbonyl (C=O) groups excluding carboxylic acids is 2. The molecule has 0 saturated heterocycles. The molecule has 0 saturated carbocycles. The number of para-hydroxylation sites is 2. The van der Waals surface area contributed by atoms with Crippen molar-refractivity contribution in [1.29, 1.82) is 0 Å². The number of unbranched alkanes of at least 4 members (excludes halogenated alkanes) is 2. The first-order chi connectivity index (χ1) is 15.6. The number of hydrogen-bond acceptors (Lipinski definition) is 3. The van der Waals surface area contributed by atoms with Crippen LogP contribution in [0.5, 0.6) is 0 Å². The Morgan fingerprint density at radius 2 is 1.88 bits per heavy atom. The molecule has 1 atom stereocenters. The average molecular weight is 431 g/mol. The fraction of sp³-hybridized carbons (Fsp3) is 0.385. The van der Waals surface area contributed by atoms with E-state index in [0.29, 0.717) is 13.1 Å². The SMILES string of the molecule is CCCCCNC(=O)Cn1c2c(c3ccccc31)CCN1C(=O)c3ccccc3N(C)[C@@H]21. The van der Waals surface area contributed by atoms with Crippen molar-refractivity contribution in [3.8, 4) is 0 Å². The van der Waals surface area contributed by atoms with Crippen LogP contribution in [0.15, 0.2) is 48.5 Å². The molecule has 2 aromatic carbocycles. The summed E-state index contributed by atoms with van der Waals surface area (Å²) >= 11 is 0. The van der Waals surface area contributed by atoms with Crippen LogP contribution in [0.4, 0.5) is 5.69 Å². The van der Waals surface area contributed by atoms with Gasteiger partial charge in [0.25, 0.3) is 5.91 Å². The first-order valence-corrected chi connectivity index (χ1v) is 11.6. The highest BCUT2D eigenvalue weighted by Crippen LogP contribution is 2.44. The minimum absolute atomic E-state index is 0.0203. The zero-order chi connectivity index (χ0) is 22.2. The van der Waals surface area contributed by atoms with E-state index in [9.17, 15) is 9.59 Å². The molecule has 166 valence electrons. The van der Waals surface area contributed by atoms with Crippen molar-refractivity contribution in [3.63, 3.8) is 0 Å². The van der Waals surface area contributed by atoms with Crippen molar-refractivity contribution in [2.45, 2.75) is 45.3 Å². The van der Waals surface area contributed by atoms with Gasteiger partial charge in [-0.2, -0.15) is 0 Å². The van der Waals surface area contributed by atoms with Crippen molar-refractivity contribution in [2.24, 2.45) is 0 Å². The van der Waals surface area contributed by atoms with E-state index in [1.807, 2.05) is 42.3 Å². The third kappa shape index (κ3) is 3.25. The molecule has 2 aliphatic heterocycles. The summed E-state index contributed by atoms with van der Waals surface area (Å²) in [6.45, 7) is 3.80. The number of aromatic nitrogens is 1. The normalized spacial score (nSPS) is 17.2. The van der Waals surface area contributed by atoms with E-state index < -0.39 is 0 Å². The van der Waals surface area contributed by atoms with Crippen LogP contribution in [-0.4, -0.2) is 41.4 Å². The van der Waals surface area contributed by atoms with Crippen LogP contribution >= 0.6 is 0 Å². The fourth-order valence-corrected chi connectivity index (χ4v) is 5.28. The van der Waals surface area contributed by atoms with Crippen LogP contribution in [-0.2, 0) is 17.8 Å². The second-order valence-electron chi connectivity index (χ2n) is 8.77. The molecule has 0 aliphatic carbocycles. The summed E-state index contributed by atoms with van der Waals surface area (Å²) < 4.78 is 2.13.